The molecule has 37 nitrogen and oxygen atoms in total. The summed E-state index contributed by atoms with van der Waals surface area (Å²) < 4.78 is 123. The van der Waals surface area contributed by atoms with Crippen LogP contribution in [0.1, 0.15) is 84.3 Å². The molecule has 6 rings (SSSR count). The first-order chi connectivity index (χ1) is 56.8. The van der Waals surface area contributed by atoms with E-state index < -0.39 is 65.7 Å². The molecular weight excluding hydrogens is 1540 g/mol. The number of fused-ring (bicyclic) bond motifs is 1. The smallest absolute Gasteiger partial charge is 0.222 e. The molecule has 664 valence electrons. The molecule has 4 amide bonds. The number of phenols is 1. The van der Waals surface area contributed by atoms with Crippen LogP contribution in [0, 0.1) is 5.82 Å². The van der Waals surface area contributed by atoms with Crippen molar-refractivity contribution in [2.45, 2.75) is 151 Å². The van der Waals surface area contributed by atoms with Crippen molar-refractivity contribution in [2.24, 2.45) is 15.9 Å². The lowest BCUT2D eigenvalue weighted by Gasteiger charge is -2.35. The van der Waals surface area contributed by atoms with E-state index in [1.54, 1.807) is 30.3 Å². The molecule has 4 heterocycles. The Balaban J connectivity index is 0.949. The number of carbonyl (C=O) groups excluding carboxylic acids is 4. The van der Waals surface area contributed by atoms with Gasteiger partial charge in [0, 0.05) is 69.6 Å². The van der Waals surface area contributed by atoms with Crippen molar-refractivity contribution in [1.82, 2.24) is 26.3 Å². The first-order valence-corrected chi connectivity index (χ1v) is 40.3. The van der Waals surface area contributed by atoms with Crippen LogP contribution in [-0.2, 0) is 104 Å². The summed E-state index contributed by atoms with van der Waals surface area (Å²) in [4.78, 5) is 62.1. The number of rotatable bonds is 66. The van der Waals surface area contributed by atoms with Crippen LogP contribution in [0.15, 0.2) is 58.6 Å². The largest absolute Gasteiger partial charge is 0.505 e. The fourth-order valence-corrected chi connectivity index (χ4v) is 12.0. The normalized spacial score (nSPS) is 21.2. The minimum absolute atomic E-state index is 0.0387. The highest BCUT2D eigenvalue weighted by Gasteiger charge is 2.37. The second-order valence-electron chi connectivity index (χ2n) is 28.1. The number of phenolic OH excluding ortho intramolecular Hbond substituents is 1. The van der Waals surface area contributed by atoms with Gasteiger partial charge in [0.1, 0.15) is 47.5 Å². The Morgan fingerprint density at radius 2 is 0.915 bits per heavy atom. The van der Waals surface area contributed by atoms with Crippen molar-refractivity contribution in [2.75, 3.05) is 224 Å². The van der Waals surface area contributed by atoms with E-state index in [0.717, 1.165) is 12.5 Å². The summed E-state index contributed by atoms with van der Waals surface area (Å²) in [5, 5.41) is 75.9. The first kappa shape index (κ1) is 99.3. The van der Waals surface area contributed by atoms with Crippen molar-refractivity contribution >= 4 is 52.1 Å². The van der Waals surface area contributed by atoms with E-state index in [1.165, 1.54) is 18.3 Å². The molecule has 0 unspecified atom stereocenters. The fourth-order valence-electron chi connectivity index (χ4n) is 12.0. The number of nitrogens with one attached hydrogen (secondary N) is 4. The summed E-state index contributed by atoms with van der Waals surface area (Å²) >= 11 is 0. The van der Waals surface area contributed by atoms with E-state index in [9.17, 15) is 54.2 Å². The number of hydrogen-bond acceptors (Lipinski definition) is 33. The number of ether oxygens (including phenoxy) is 19. The summed E-state index contributed by atoms with van der Waals surface area (Å²) in [5.74, 6) is 3.40. The van der Waals surface area contributed by atoms with Gasteiger partial charge in [-0.2, -0.15) is 5.10 Å². The number of aromatic nitrogens is 1. The molecule has 2 aromatic carbocycles. The average molecular weight is 1670 g/mol. The van der Waals surface area contributed by atoms with Gasteiger partial charge in [0.2, 0.25) is 23.6 Å². The number of carbonyl (C=O) groups is 4. The number of hydrogen-bond donors (Lipinski definition) is 11. The van der Waals surface area contributed by atoms with Crippen molar-refractivity contribution in [3.05, 3.63) is 60.0 Å². The van der Waals surface area contributed by atoms with Crippen LogP contribution in [-0.4, -0.2) is 368 Å². The molecule has 3 aromatic rings. The van der Waals surface area contributed by atoms with E-state index in [1.807, 2.05) is 20.8 Å². The third-order valence-electron chi connectivity index (χ3n) is 18.2. The highest BCUT2D eigenvalue weighted by molar-refractivity contribution is 6.38. The van der Waals surface area contributed by atoms with Gasteiger partial charge in [-0.25, -0.2) is 9.37 Å². The van der Waals surface area contributed by atoms with Gasteiger partial charge in [0.25, 0.3) is 0 Å². The Morgan fingerprint density at radius 3 is 1.36 bits per heavy atom. The maximum atomic E-state index is 14.1. The monoisotopic (exact) mass is 1670 g/mol. The molecule has 38 heteroatoms. The molecule has 12 N–H and O–H groups in total. The molecule has 3 fully saturated rings. The zero-order valence-corrected chi connectivity index (χ0v) is 67.8. The number of nitrogens with zero attached hydrogens (tertiary/aromatic N) is 3. The zero-order valence-electron chi connectivity index (χ0n) is 67.8. The van der Waals surface area contributed by atoms with Crippen molar-refractivity contribution < 1.29 is 144 Å². The standard InChI is InChI=1S/C79H127FN8O29/c1-56-6-12-67(90)70(115-56)50-108-42-39-105-36-33-102-30-27-99-24-17-82-73(93)14-21-111-53-79(54-112-22-15-74(94)83-18-25-100-28-31-103-34-37-106-40-43-109-51-71-77(97)68(91)45-57(2)116-71,55-113-23-16-75(95)84-19-26-101-29-32-104-35-38-107-41-44-110-52-72-78(98)69(92)46-58(3)117-72)87-76(96)5-4-20-114-61-9-11-63-59(47-61)7-10-64(86-63)65(88-81)49-85-60-8-13-66(89)62(80)48-60/h7-11,13,47-49,56-58,67-72,77-78,89-92,97-98H,4-6,12,14-46,50-55,81H2,1-3H3,(H,82,93)(H,83,94)(H,84,95)(H,87,96)/t56-,57-,58-,67+,68+,69+,70+,71+,72+,77+,78+/m0/s1. The lowest BCUT2D eigenvalue weighted by molar-refractivity contribution is -0.181. The van der Waals surface area contributed by atoms with E-state index in [4.69, 9.17) is 95.8 Å². The zero-order chi connectivity index (χ0) is 83.9. The van der Waals surface area contributed by atoms with Gasteiger partial charge in [-0.1, -0.05) is 6.07 Å². The maximum absolute atomic E-state index is 14.1. The number of hydrazone groups is 1. The molecule has 0 spiro atoms. The van der Waals surface area contributed by atoms with E-state index >= 15 is 0 Å². The van der Waals surface area contributed by atoms with Crippen LogP contribution in [0.3, 0.4) is 0 Å². The molecule has 0 radical (unpaired) electrons. The number of nitrogens with two attached hydrogens (primary N) is 1. The highest BCUT2D eigenvalue weighted by Crippen LogP contribution is 2.26. The third-order valence-corrected chi connectivity index (χ3v) is 18.2. The Bertz CT molecular complexity index is 3190. The van der Waals surface area contributed by atoms with E-state index in [2.05, 4.69) is 36.3 Å². The number of halogens is 1. The second kappa shape index (κ2) is 60.0. The second-order valence-corrected chi connectivity index (χ2v) is 28.1. The van der Waals surface area contributed by atoms with Crippen LogP contribution >= 0.6 is 0 Å². The molecule has 0 bridgehead atoms. The number of aliphatic hydroxyl groups excluding tert-OH is 5. The van der Waals surface area contributed by atoms with Crippen LogP contribution in [0.25, 0.3) is 10.9 Å². The summed E-state index contributed by atoms with van der Waals surface area (Å²) in [6.07, 6.45) is -2.55. The Morgan fingerprint density at radius 1 is 0.487 bits per heavy atom. The van der Waals surface area contributed by atoms with Gasteiger partial charge < -0.3 is 148 Å². The third kappa shape index (κ3) is 43.0. The van der Waals surface area contributed by atoms with Gasteiger partial charge in [0.05, 0.1) is 265 Å². The summed E-state index contributed by atoms with van der Waals surface area (Å²) in [5.41, 5.74) is -0.0277. The van der Waals surface area contributed by atoms with Crippen molar-refractivity contribution in [3.63, 3.8) is 0 Å². The Hall–Kier alpha value is -6.52. The van der Waals surface area contributed by atoms with Crippen LogP contribution in [0.2, 0.25) is 0 Å². The maximum Gasteiger partial charge on any atom is 0.222 e. The topological polar surface area (TPSA) is 477 Å². The minimum atomic E-state index is -1.42. The van der Waals surface area contributed by atoms with E-state index in [0.29, 0.717) is 121 Å². The summed E-state index contributed by atoms with van der Waals surface area (Å²) in [7, 11) is 0. The lowest BCUT2D eigenvalue weighted by atomic mass is 9.99. The highest BCUT2D eigenvalue weighted by atomic mass is 19.1. The Kier molecular flexibility index (Phi) is 51.0. The van der Waals surface area contributed by atoms with Gasteiger partial charge >= 0.3 is 0 Å². The average Bonchev–Trinajstić information content (AvgIpc) is 0.847. The van der Waals surface area contributed by atoms with Crippen molar-refractivity contribution in [1.29, 1.82) is 0 Å². The number of aliphatic hydroxyl groups is 5. The number of aliphatic imine (C=N–C) groups is 1. The SMILES string of the molecule is C[C@H]1C[C@@H](O)[C@@H](O)[C@@H](COCCOCCOCCOCCNC(=O)CCOCC(COCCC(=O)NCCOCCOCCOCCOC[C@H]2O[C@@H](C)C[C@@H](O)[C@H]2O)(COCCC(=O)NCCOCCOCCOCCOC[C@H]2O[C@@H](C)CC[C@H]2O)NC(=O)CCCOc2ccc3nc(C(C=Nc4ccc(O)c(F)c4)=NN)ccc3c2)O1. The molecule has 3 aliphatic rings. The van der Waals surface area contributed by atoms with Gasteiger partial charge in [-0.3, -0.25) is 24.2 Å². The summed E-state index contributed by atoms with van der Waals surface area (Å²) in [6.45, 7) is 12.1. The van der Waals surface area contributed by atoms with Gasteiger partial charge in [0.15, 0.2) is 11.6 Å². The van der Waals surface area contributed by atoms with Crippen LogP contribution in [0.5, 0.6) is 11.5 Å². The number of aromatic hydroxyl groups is 1. The molecular formula is C79H127FN8O29. The first-order valence-electron chi connectivity index (χ1n) is 40.3. The van der Waals surface area contributed by atoms with E-state index in [-0.39, 0.29) is 231 Å². The van der Waals surface area contributed by atoms with Crippen LogP contribution < -0.4 is 31.8 Å². The Labute approximate surface area is 683 Å². The molecule has 1 aromatic heterocycles. The fraction of sp³-hybridized carbons (Fsp3) is 0.734. The van der Waals surface area contributed by atoms with Crippen LogP contribution in [0.4, 0.5) is 10.1 Å². The van der Waals surface area contributed by atoms with Gasteiger partial charge in [-0.15, -0.1) is 0 Å². The number of benzene rings is 2. The quantitative estimate of drug-likeness (QED) is 0.0160. The van der Waals surface area contributed by atoms with Crippen molar-refractivity contribution in [3.8, 4) is 11.5 Å². The lowest BCUT2D eigenvalue weighted by Crippen LogP contribution is -2.58. The minimum Gasteiger partial charge on any atom is -0.505 e. The molecule has 117 heavy (non-hydrogen) atoms. The molecule has 0 saturated carbocycles. The number of pyridine rings is 1. The number of amides is 4. The molecule has 11 atom stereocenters. The molecule has 0 aliphatic carbocycles. The predicted octanol–water partition coefficient (Wildman–Crippen LogP) is 0.653. The predicted molar refractivity (Wildman–Crippen MR) is 421 cm³/mol. The summed E-state index contributed by atoms with van der Waals surface area (Å²) in [6, 6.07) is 12.4. The molecule has 3 saturated heterocycles. The van der Waals surface area contributed by atoms with Gasteiger partial charge in [-0.05, 0) is 76.4 Å². The molecule has 3 aliphatic heterocycles.